The molecule has 0 radical (unpaired) electrons. The lowest BCUT2D eigenvalue weighted by Gasteiger charge is -2.31. The van der Waals surface area contributed by atoms with Crippen molar-refractivity contribution >= 4 is 51.2 Å². The number of nitrogens with one attached hydrogen (secondary N) is 2. The van der Waals surface area contributed by atoms with Crippen LogP contribution in [0.15, 0.2) is 51.5 Å². The summed E-state index contributed by atoms with van der Waals surface area (Å²) in [4.78, 5) is 38.1. The molecule has 2 atom stereocenters. The van der Waals surface area contributed by atoms with Crippen LogP contribution in [-0.2, 0) is 19.1 Å². The first-order valence-electron chi connectivity index (χ1n) is 10.6. The molecule has 0 saturated heterocycles. The van der Waals surface area contributed by atoms with Gasteiger partial charge in [-0.05, 0) is 59.1 Å². The summed E-state index contributed by atoms with van der Waals surface area (Å²) in [5.74, 6) is -3.30. The third-order valence-corrected chi connectivity index (χ3v) is 7.16. The van der Waals surface area contributed by atoms with Crippen LogP contribution in [0.1, 0.15) is 22.6 Å². The van der Waals surface area contributed by atoms with Crippen molar-refractivity contribution in [2.45, 2.75) is 19.8 Å². The first-order valence-corrected chi connectivity index (χ1v) is 12.3. The van der Waals surface area contributed by atoms with Crippen molar-refractivity contribution in [1.82, 2.24) is 5.32 Å². The minimum Gasteiger partial charge on any atom is -0.496 e. The fourth-order valence-corrected chi connectivity index (χ4v) is 5.24. The second kappa shape index (κ2) is 11.4. The number of halogens is 1. The van der Waals surface area contributed by atoms with E-state index in [0.717, 1.165) is 22.9 Å². The number of rotatable bonds is 7. The summed E-state index contributed by atoms with van der Waals surface area (Å²) < 4.78 is 10.7. The molecule has 2 aromatic rings. The van der Waals surface area contributed by atoms with Gasteiger partial charge in [-0.25, -0.2) is 0 Å². The Hall–Kier alpha value is -3.29. The summed E-state index contributed by atoms with van der Waals surface area (Å²) in [6.07, 6.45) is 0. The predicted octanol–water partition coefficient (Wildman–Crippen LogP) is 4.18. The highest BCUT2D eigenvalue weighted by Crippen LogP contribution is 2.42. The number of carbonyl (C=O) groups excluding carboxylic acids is 3. The second-order valence-corrected chi connectivity index (χ2v) is 9.71. The van der Waals surface area contributed by atoms with Gasteiger partial charge >= 0.3 is 5.97 Å². The standard InChI is InChI=1S/C25H24BrN3O5S/c1-13-5-7-18(14(2)9-13)28-20(30)12-35-24-16(11-27)21(22(23(31)29-24)25(32)34-4)15-6-8-19(33-3)17(26)10-15/h5-10,21-22H,12H2,1-4H3,(H,28,30)(H,29,31)/t21-,22-/m1/s1. The molecule has 1 aliphatic rings. The van der Waals surface area contributed by atoms with E-state index >= 15 is 0 Å². The average Bonchev–Trinajstić information content (AvgIpc) is 2.83. The van der Waals surface area contributed by atoms with Gasteiger partial charge in [0.05, 0.1) is 41.1 Å². The predicted molar refractivity (Wildman–Crippen MR) is 137 cm³/mol. The number of benzene rings is 2. The zero-order valence-electron chi connectivity index (χ0n) is 19.6. The van der Waals surface area contributed by atoms with Gasteiger partial charge in [-0.2, -0.15) is 5.26 Å². The zero-order valence-corrected chi connectivity index (χ0v) is 22.0. The van der Waals surface area contributed by atoms with E-state index in [2.05, 4.69) is 32.6 Å². The Labute approximate surface area is 216 Å². The van der Waals surface area contributed by atoms with E-state index in [0.29, 0.717) is 21.5 Å². The van der Waals surface area contributed by atoms with Crippen LogP contribution in [0.2, 0.25) is 0 Å². The molecule has 2 N–H and O–H groups in total. The number of thioether (sulfide) groups is 1. The van der Waals surface area contributed by atoms with Crippen molar-refractivity contribution in [3.8, 4) is 11.8 Å². The number of aryl methyl sites for hydroxylation is 2. The summed E-state index contributed by atoms with van der Waals surface area (Å²) in [5.41, 5.74) is 3.42. The van der Waals surface area contributed by atoms with Gasteiger partial charge in [0, 0.05) is 11.6 Å². The highest BCUT2D eigenvalue weighted by atomic mass is 79.9. The van der Waals surface area contributed by atoms with Gasteiger partial charge in [0.1, 0.15) is 11.7 Å². The topological polar surface area (TPSA) is 118 Å². The molecule has 1 heterocycles. The van der Waals surface area contributed by atoms with Crippen LogP contribution >= 0.6 is 27.7 Å². The van der Waals surface area contributed by atoms with E-state index in [9.17, 15) is 19.6 Å². The smallest absolute Gasteiger partial charge is 0.319 e. The van der Waals surface area contributed by atoms with Crippen LogP contribution < -0.4 is 15.4 Å². The number of anilines is 1. The second-order valence-electron chi connectivity index (χ2n) is 7.87. The normalized spacial score (nSPS) is 17.3. The van der Waals surface area contributed by atoms with E-state index < -0.39 is 23.7 Å². The minimum absolute atomic E-state index is 0.0456. The number of esters is 1. The van der Waals surface area contributed by atoms with Crippen molar-refractivity contribution in [1.29, 1.82) is 5.26 Å². The third kappa shape index (κ3) is 5.86. The SMILES string of the molecule is COC(=O)[C@H]1C(=O)NC(SCC(=O)Nc2ccc(C)cc2C)=C(C#N)[C@H]1c1ccc(OC)c(Br)c1. The molecule has 35 heavy (non-hydrogen) atoms. The number of hydrogen-bond acceptors (Lipinski definition) is 7. The zero-order chi connectivity index (χ0) is 25.7. The minimum atomic E-state index is -1.26. The molecule has 2 amide bonds. The number of methoxy groups -OCH3 is 2. The Kier molecular flexibility index (Phi) is 8.59. The van der Waals surface area contributed by atoms with Crippen LogP contribution in [-0.4, -0.2) is 37.8 Å². The Bertz CT molecular complexity index is 1250. The van der Waals surface area contributed by atoms with Gasteiger partial charge in [-0.3, -0.25) is 14.4 Å². The van der Waals surface area contributed by atoms with Crippen molar-refractivity contribution in [2.75, 3.05) is 25.3 Å². The fraction of sp³-hybridized carbons (Fsp3) is 0.280. The molecule has 182 valence electrons. The van der Waals surface area contributed by atoms with Crippen molar-refractivity contribution < 1.29 is 23.9 Å². The number of amides is 2. The number of carbonyl (C=O) groups is 3. The van der Waals surface area contributed by atoms with E-state index in [4.69, 9.17) is 9.47 Å². The highest BCUT2D eigenvalue weighted by Gasteiger charge is 2.44. The molecule has 1 aliphatic heterocycles. The van der Waals surface area contributed by atoms with E-state index in [1.54, 1.807) is 18.2 Å². The van der Waals surface area contributed by atoms with E-state index in [1.807, 2.05) is 32.0 Å². The third-order valence-electron chi connectivity index (χ3n) is 5.52. The molecule has 8 nitrogen and oxygen atoms in total. The molecule has 2 aromatic carbocycles. The molecule has 0 aliphatic carbocycles. The van der Waals surface area contributed by atoms with Crippen molar-refractivity contribution in [3.63, 3.8) is 0 Å². The monoisotopic (exact) mass is 557 g/mol. The first kappa shape index (κ1) is 26.3. The van der Waals surface area contributed by atoms with Crippen LogP contribution in [0, 0.1) is 31.1 Å². The van der Waals surface area contributed by atoms with Crippen LogP contribution in [0.5, 0.6) is 5.75 Å². The summed E-state index contributed by atoms with van der Waals surface area (Å²) in [5, 5.41) is 15.7. The average molecular weight is 558 g/mol. The molecule has 0 saturated carbocycles. The Morgan fingerprint density at radius 1 is 1.20 bits per heavy atom. The maximum absolute atomic E-state index is 13.0. The Balaban J connectivity index is 1.92. The molecule has 10 heteroatoms. The number of allylic oxidation sites excluding steroid dienone is 1. The molecular formula is C25H24BrN3O5S. The number of nitrogens with zero attached hydrogens (tertiary/aromatic N) is 1. The summed E-state index contributed by atoms with van der Waals surface area (Å²) >= 11 is 4.44. The fourth-order valence-electron chi connectivity index (χ4n) is 3.83. The number of hydrogen-bond donors (Lipinski definition) is 2. The molecule has 0 aromatic heterocycles. The Morgan fingerprint density at radius 3 is 2.54 bits per heavy atom. The Morgan fingerprint density at radius 2 is 1.94 bits per heavy atom. The van der Waals surface area contributed by atoms with Crippen LogP contribution in [0.3, 0.4) is 0 Å². The highest BCUT2D eigenvalue weighted by molar-refractivity contribution is 9.10. The number of ether oxygens (including phenoxy) is 2. The van der Waals surface area contributed by atoms with Gasteiger partial charge in [-0.1, -0.05) is 35.5 Å². The van der Waals surface area contributed by atoms with Crippen LogP contribution in [0.4, 0.5) is 5.69 Å². The number of nitriles is 1. The molecule has 0 unspecified atom stereocenters. The van der Waals surface area contributed by atoms with Gasteiger partial charge in [0.2, 0.25) is 11.8 Å². The molecule has 0 spiro atoms. The maximum atomic E-state index is 13.0. The lowest BCUT2D eigenvalue weighted by atomic mass is 9.78. The van der Waals surface area contributed by atoms with E-state index in [1.165, 1.54) is 14.2 Å². The lowest BCUT2D eigenvalue weighted by Crippen LogP contribution is -2.44. The molecule has 0 bridgehead atoms. The quantitative estimate of drug-likeness (QED) is 0.387. The van der Waals surface area contributed by atoms with Gasteiger partial charge < -0.3 is 20.1 Å². The van der Waals surface area contributed by atoms with Gasteiger partial charge in [-0.15, -0.1) is 0 Å². The maximum Gasteiger partial charge on any atom is 0.319 e. The first-order chi connectivity index (χ1) is 16.7. The summed E-state index contributed by atoms with van der Waals surface area (Å²) in [6.45, 7) is 3.87. The van der Waals surface area contributed by atoms with E-state index in [-0.39, 0.29) is 22.3 Å². The summed E-state index contributed by atoms with van der Waals surface area (Å²) in [6, 6.07) is 12.9. The largest absolute Gasteiger partial charge is 0.496 e. The lowest BCUT2D eigenvalue weighted by molar-refractivity contribution is -0.150. The van der Waals surface area contributed by atoms with Gasteiger partial charge in [0.25, 0.3) is 0 Å². The summed E-state index contributed by atoms with van der Waals surface area (Å²) in [7, 11) is 2.71. The molecular weight excluding hydrogens is 534 g/mol. The van der Waals surface area contributed by atoms with Crippen LogP contribution in [0.25, 0.3) is 0 Å². The molecule has 0 fully saturated rings. The molecule has 3 rings (SSSR count). The van der Waals surface area contributed by atoms with Gasteiger partial charge in [0.15, 0.2) is 0 Å². The van der Waals surface area contributed by atoms with Crippen molar-refractivity contribution in [3.05, 3.63) is 68.2 Å². The van der Waals surface area contributed by atoms with Crippen molar-refractivity contribution in [2.24, 2.45) is 5.92 Å².